The zero-order valence-corrected chi connectivity index (χ0v) is 12.3. The van der Waals surface area contributed by atoms with E-state index in [0.717, 1.165) is 24.4 Å². The summed E-state index contributed by atoms with van der Waals surface area (Å²) in [6.45, 7) is 8.13. The Kier molecular flexibility index (Phi) is 7.92. The van der Waals surface area contributed by atoms with Gasteiger partial charge in [0.05, 0.1) is 0 Å². The van der Waals surface area contributed by atoms with Crippen LogP contribution in [-0.2, 0) is 0 Å². The molecule has 0 aromatic heterocycles. The predicted octanol–water partition coefficient (Wildman–Crippen LogP) is 4.76. The number of hydrogen-bond donors (Lipinski definition) is 1. The summed E-state index contributed by atoms with van der Waals surface area (Å²) in [4.78, 5) is 0. The molecule has 0 heterocycles. The molecule has 1 saturated carbocycles. The van der Waals surface area contributed by atoms with E-state index in [1.807, 2.05) is 0 Å². The van der Waals surface area contributed by atoms with Crippen LogP contribution in [0.25, 0.3) is 0 Å². The van der Waals surface area contributed by atoms with Gasteiger partial charge in [-0.1, -0.05) is 59.3 Å². The van der Waals surface area contributed by atoms with E-state index in [4.69, 9.17) is 0 Å². The predicted molar refractivity (Wildman–Crippen MR) is 77.3 cm³/mol. The summed E-state index contributed by atoms with van der Waals surface area (Å²) in [5.74, 6) is 1.92. The molecule has 0 bridgehead atoms. The van der Waals surface area contributed by atoms with Crippen LogP contribution in [0.1, 0.15) is 78.6 Å². The lowest BCUT2D eigenvalue weighted by molar-refractivity contribution is 0.213. The number of hydrogen-bond acceptors (Lipinski definition) is 1. The van der Waals surface area contributed by atoms with Crippen molar-refractivity contribution < 1.29 is 0 Å². The van der Waals surface area contributed by atoms with Gasteiger partial charge in [0.25, 0.3) is 0 Å². The Hall–Kier alpha value is -0.0400. The van der Waals surface area contributed by atoms with Crippen molar-refractivity contribution in [2.75, 3.05) is 6.54 Å². The molecular formula is C16H33N. The van der Waals surface area contributed by atoms with Gasteiger partial charge in [-0.15, -0.1) is 0 Å². The summed E-state index contributed by atoms with van der Waals surface area (Å²) < 4.78 is 0. The second kappa shape index (κ2) is 8.97. The SMILES string of the molecule is CCCCCCC(NCC)C1CCCC(C)C1. The van der Waals surface area contributed by atoms with Gasteiger partial charge in [-0.05, 0) is 37.6 Å². The molecule has 1 aliphatic carbocycles. The normalized spacial score (nSPS) is 27.0. The van der Waals surface area contributed by atoms with Crippen LogP contribution in [0.4, 0.5) is 0 Å². The Balaban J connectivity index is 2.30. The molecule has 1 fully saturated rings. The van der Waals surface area contributed by atoms with Crippen LogP contribution >= 0.6 is 0 Å². The first-order chi connectivity index (χ1) is 8.27. The van der Waals surface area contributed by atoms with E-state index in [1.165, 1.54) is 57.8 Å². The van der Waals surface area contributed by atoms with Crippen molar-refractivity contribution in [2.45, 2.75) is 84.6 Å². The third-order valence-corrected chi connectivity index (χ3v) is 4.38. The summed E-state index contributed by atoms with van der Waals surface area (Å²) >= 11 is 0. The van der Waals surface area contributed by atoms with Gasteiger partial charge in [0.2, 0.25) is 0 Å². The fourth-order valence-electron chi connectivity index (χ4n) is 3.40. The van der Waals surface area contributed by atoms with E-state index in [1.54, 1.807) is 0 Å². The van der Waals surface area contributed by atoms with Crippen molar-refractivity contribution in [3.63, 3.8) is 0 Å². The standard InChI is InChI=1S/C16H33N/c1-4-6-7-8-12-16(17-5-2)15-11-9-10-14(3)13-15/h14-17H,4-13H2,1-3H3. The largest absolute Gasteiger partial charge is 0.314 e. The molecule has 1 nitrogen and oxygen atoms in total. The second-order valence-electron chi connectivity index (χ2n) is 6.05. The lowest BCUT2D eigenvalue weighted by atomic mass is 9.77. The van der Waals surface area contributed by atoms with Gasteiger partial charge < -0.3 is 5.32 Å². The zero-order chi connectivity index (χ0) is 12.5. The Morgan fingerprint density at radius 2 is 1.94 bits per heavy atom. The highest BCUT2D eigenvalue weighted by Gasteiger charge is 2.25. The summed E-state index contributed by atoms with van der Waals surface area (Å²) in [7, 11) is 0. The molecule has 0 aromatic rings. The fraction of sp³-hybridized carbons (Fsp3) is 1.00. The van der Waals surface area contributed by atoms with E-state index in [2.05, 4.69) is 26.1 Å². The Labute approximate surface area is 109 Å². The van der Waals surface area contributed by atoms with E-state index < -0.39 is 0 Å². The van der Waals surface area contributed by atoms with Crippen LogP contribution in [-0.4, -0.2) is 12.6 Å². The van der Waals surface area contributed by atoms with Crippen LogP contribution in [0.5, 0.6) is 0 Å². The van der Waals surface area contributed by atoms with Crippen molar-refractivity contribution >= 4 is 0 Å². The third-order valence-electron chi connectivity index (χ3n) is 4.38. The van der Waals surface area contributed by atoms with Gasteiger partial charge in [0.15, 0.2) is 0 Å². The quantitative estimate of drug-likeness (QED) is 0.602. The Morgan fingerprint density at radius 1 is 1.12 bits per heavy atom. The number of unbranched alkanes of at least 4 members (excludes halogenated alkanes) is 3. The first-order valence-electron chi connectivity index (χ1n) is 8.01. The van der Waals surface area contributed by atoms with Gasteiger partial charge in [-0.25, -0.2) is 0 Å². The van der Waals surface area contributed by atoms with Crippen LogP contribution in [0, 0.1) is 11.8 Å². The highest BCUT2D eigenvalue weighted by atomic mass is 14.9. The van der Waals surface area contributed by atoms with Crippen molar-refractivity contribution in [2.24, 2.45) is 11.8 Å². The molecule has 0 saturated heterocycles. The van der Waals surface area contributed by atoms with Crippen LogP contribution in [0.3, 0.4) is 0 Å². The molecule has 0 aliphatic heterocycles. The van der Waals surface area contributed by atoms with Gasteiger partial charge in [0, 0.05) is 6.04 Å². The van der Waals surface area contributed by atoms with Crippen molar-refractivity contribution in [3.8, 4) is 0 Å². The number of rotatable bonds is 8. The summed E-state index contributed by atoms with van der Waals surface area (Å²) in [5.41, 5.74) is 0. The first-order valence-corrected chi connectivity index (χ1v) is 8.01. The summed E-state index contributed by atoms with van der Waals surface area (Å²) in [6, 6.07) is 0.805. The molecule has 1 N–H and O–H groups in total. The average molecular weight is 239 g/mol. The molecule has 17 heavy (non-hydrogen) atoms. The van der Waals surface area contributed by atoms with Crippen molar-refractivity contribution in [3.05, 3.63) is 0 Å². The van der Waals surface area contributed by atoms with Gasteiger partial charge in [0.1, 0.15) is 0 Å². The molecule has 3 unspecified atom stereocenters. The maximum atomic E-state index is 3.75. The molecule has 0 spiro atoms. The molecule has 1 aliphatic rings. The lowest BCUT2D eigenvalue weighted by Gasteiger charge is -2.34. The highest BCUT2D eigenvalue weighted by molar-refractivity contribution is 4.81. The van der Waals surface area contributed by atoms with Crippen LogP contribution in [0.15, 0.2) is 0 Å². The van der Waals surface area contributed by atoms with Crippen molar-refractivity contribution in [1.82, 2.24) is 5.32 Å². The van der Waals surface area contributed by atoms with E-state index in [0.29, 0.717) is 0 Å². The summed E-state index contributed by atoms with van der Waals surface area (Å²) in [5, 5.41) is 3.75. The maximum absolute atomic E-state index is 3.75. The monoisotopic (exact) mass is 239 g/mol. The first kappa shape index (κ1) is 15.0. The average Bonchev–Trinajstić information content (AvgIpc) is 2.33. The van der Waals surface area contributed by atoms with E-state index in [-0.39, 0.29) is 0 Å². The lowest BCUT2D eigenvalue weighted by Crippen LogP contribution is -2.38. The minimum atomic E-state index is 0.805. The zero-order valence-electron chi connectivity index (χ0n) is 12.3. The van der Waals surface area contributed by atoms with E-state index >= 15 is 0 Å². The minimum absolute atomic E-state index is 0.805. The summed E-state index contributed by atoms with van der Waals surface area (Å²) in [6.07, 6.45) is 12.9. The highest BCUT2D eigenvalue weighted by Crippen LogP contribution is 2.32. The van der Waals surface area contributed by atoms with Crippen molar-refractivity contribution in [1.29, 1.82) is 0 Å². The van der Waals surface area contributed by atoms with Gasteiger partial charge in [-0.2, -0.15) is 0 Å². The smallest absolute Gasteiger partial charge is 0.00953 e. The molecule has 1 rings (SSSR count). The molecule has 3 atom stereocenters. The molecule has 0 radical (unpaired) electrons. The third kappa shape index (κ3) is 5.90. The van der Waals surface area contributed by atoms with Gasteiger partial charge in [-0.3, -0.25) is 0 Å². The maximum Gasteiger partial charge on any atom is 0.00953 e. The Bertz CT molecular complexity index is 178. The van der Waals surface area contributed by atoms with E-state index in [9.17, 15) is 0 Å². The Morgan fingerprint density at radius 3 is 2.59 bits per heavy atom. The topological polar surface area (TPSA) is 12.0 Å². The van der Waals surface area contributed by atoms with Crippen LogP contribution < -0.4 is 5.32 Å². The molecule has 102 valence electrons. The van der Waals surface area contributed by atoms with Gasteiger partial charge >= 0.3 is 0 Å². The molecule has 0 aromatic carbocycles. The molecule has 1 heteroatoms. The second-order valence-corrected chi connectivity index (χ2v) is 6.05. The number of nitrogens with one attached hydrogen (secondary N) is 1. The fourth-order valence-corrected chi connectivity index (χ4v) is 3.40. The van der Waals surface area contributed by atoms with Crippen LogP contribution in [0.2, 0.25) is 0 Å². The molecular weight excluding hydrogens is 206 g/mol. The minimum Gasteiger partial charge on any atom is -0.314 e. The molecule has 0 amide bonds.